The van der Waals surface area contributed by atoms with E-state index in [1.807, 2.05) is 38.1 Å². The number of carbonyl (C=O) groups is 1. The second-order valence-corrected chi connectivity index (χ2v) is 7.19. The number of nitrogens with zero attached hydrogens (tertiary/aromatic N) is 1. The van der Waals surface area contributed by atoms with Crippen LogP contribution in [0.4, 0.5) is 18.0 Å². The molecule has 4 nitrogen and oxygen atoms in total. The number of halogens is 3. The number of likely N-dealkylation sites (tertiary alicyclic amines) is 1. The molecule has 1 amide bonds. The summed E-state index contributed by atoms with van der Waals surface area (Å²) in [6.07, 6.45) is -4.73. The van der Waals surface area contributed by atoms with Gasteiger partial charge in [-0.05, 0) is 42.7 Å². The van der Waals surface area contributed by atoms with Crippen molar-refractivity contribution < 1.29 is 22.7 Å². The van der Waals surface area contributed by atoms with Crippen LogP contribution in [0.25, 0.3) is 11.1 Å². The Labute approximate surface area is 162 Å². The molecule has 1 saturated heterocycles. The lowest BCUT2D eigenvalue weighted by molar-refractivity contribution is -0.137. The molecule has 0 atom stereocenters. The van der Waals surface area contributed by atoms with Gasteiger partial charge < -0.3 is 15.0 Å². The molecule has 1 aliphatic rings. The molecular weight excluding hydrogens is 369 g/mol. The summed E-state index contributed by atoms with van der Waals surface area (Å²) in [6.45, 7) is 5.54. The maximum absolute atomic E-state index is 12.6. The van der Waals surface area contributed by atoms with Crippen LogP contribution in [0.2, 0.25) is 0 Å². The van der Waals surface area contributed by atoms with Crippen LogP contribution in [0.3, 0.4) is 0 Å². The first-order valence-corrected chi connectivity index (χ1v) is 9.18. The maximum atomic E-state index is 12.6. The fourth-order valence-electron chi connectivity index (χ4n) is 2.96. The van der Waals surface area contributed by atoms with E-state index in [-0.39, 0.29) is 18.2 Å². The van der Waals surface area contributed by atoms with Crippen LogP contribution in [-0.2, 0) is 17.5 Å². The Morgan fingerprint density at radius 2 is 1.61 bits per heavy atom. The smallest absolute Gasteiger partial charge is 0.416 e. The molecule has 0 aliphatic carbocycles. The minimum Gasteiger partial charge on any atom is -0.447 e. The van der Waals surface area contributed by atoms with Gasteiger partial charge in [-0.1, -0.05) is 36.4 Å². The zero-order valence-electron chi connectivity index (χ0n) is 15.8. The Bertz CT molecular complexity index is 796. The number of carbonyl (C=O) groups excluding carboxylic acids is 1. The lowest BCUT2D eigenvalue weighted by Gasteiger charge is -2.39. The molecule has 2 aromatic rings. The minimum absolute atomic E-state index is 0.123. The first kappa shape index (κ1) is 20.2. The van der Waals surface area contributed by atoms with Gasteiger partial charge in [-0.2, -0.15) is 13.2 Å². The summed E-state index contributed by atoms with van der Waals surface area (Å²) in [7, 11) is 0. The van der Waals surface area contributed by atoms with Crippen LogP contribution in [0, 0.1) is 0 Å². The van der Waals surface area contributed by atoms with Gasteiger partial charge in [0.2, 0.25) is 0 Å². The first-order valence-electron chi connectivity index (χ1n) is 9.18. The summed E-state index contributed by atoms with van der Waals surface area (Å²) in [6, 6.07) is 13.1. The Balaban J connectivity index is 1.48. The van der Waals surface area contributed by atoms with Gasteiger partial charge in [0, 0.05) is 25.7 Å². The van der Waals surface area contributed by atoms with Crippen molar-refractivity contribution in [2.45, 2.75) is 38.7 Å². The molecule has 0 bridgehead atoms. The molecule has 0 aromatic heterocycles. The van der Waals surface area contributed by atoms with Gasteiger partial charge in [-0.3, -0.25) is 0 Å². The van der Waals surface area contributed by atoms with Crippen molar-refractivity contribution in [2.24, 2.45) is 0 Å². The number of hydrogen-bond donors (Lipinski definition) is 1. The third-order valence-corrected chi connectivity index (χ3v) is 4.57. The van der Waals surface area contributed by atoms with E-state index in [9.17, 15) is 18.0 Å². The molecule has 1 fully saturated rings. The van der Waals surface area contributed by atoms with E-state index in [4.69, 9.17) is 4.74 Å². The third kappa shape index (κ3) is 5.04. The van der Waals surface area contributed by atoms with Gasteiger partial charge in [0.05, 0.1) is 11.7 Å². The number of rotatable bonds is 5. The normalized spacial score (nSPS) is 14.9. The molecule has 2 aromatic carbocycles. The zero-order chi connectivity index (χ0) is 20.3. The van der Waals surface area contributed by atoms with E-state index in [2.05, 4.69) is 5.32 Å². The van der Waals surface area contributed by atoms with Crippen LogP contribution in [0.5, 0.6) is 0 Å². The average Bonchev–Trinajstić information content (AvgIpc) is 2.59. The predicted octanol–water partition coefficient (Wildman–Crippen LogP) is 4.69. The summed E-state index contributed by atoms with van der Waals surface area (Å²) in [5.74, 6) is 0. The van der Waals surface area contributed by atoms with Crippen LogP contribution in [0.15, 0.2) is 48.5 Å². The van der Waals surface area contributed by atoms with E-state index in [0.29, 0.717) is 19.6 Å². The molecule has 1 aliphatic heterocycles. The van der Waals surface area contributed by atoms with Crippen molar-refractivity contribution >= 4 is 6.09 Å². The summed E-state index contributed by atoms with van der Waals surface area (Å²) in [5.41, 5.74) is 2.03. The first-order chi connectivity index (χ1) is 13.2. The second kappa shape index (κ2) is 8.22. The molecule has 0 radical (unpaired) electrons. The SMILES string of the molecule is CC(C)OC(=O)N1CC(NCc2ccc(-c3ccc(C(F)(F)F)cc3)cc2)C1. The quantitative estimate of drug-likeness (QED) is 0.803. The lowest BCUT2D eigenvalue weighted by Crippen LogP contribution is -2.59. The summed E-state index contributed by atoms with van der Waals surface area (Å²) >= 11 is 0. The van der Waals surface area contributed by atoms with Crippen molar-refractivity contribution in [2.75, 3.05) is 13.1 Å². The summed E-state index contributed by atoms with van der Waals surface area (Å²) in [4.78, 5) is 13.4. The van der Waals surface area contributed by atoms with Crippen LogP contribution < -0.4 is 5.32 Å². The number of ether oxygens (including phenoxy) is 1. The summed E-state index contributed by atoms with van der Waals surface area (Å²) in [5, 5.41) is 3.38. The van der Waals surface area contributed by atoms with Gasteiger partial charge in [0.25, 0.3) is 0 Å². The number of amides is 1. The molecule has 0 spiro atoms. The average molecular weight is 392 g/mol. The fourth-order valence-corrected chi connectivity index (χ4v) is 2.96. The summed E-state index contributed by atoms with van der Waals surface area (Å²) < 4.78 is 43.1. The molecule has 3 rings (SSSR count). The molecule has 28 heavy (non-hydrogen) atoms. The van der Waals surface area contributed by atoms with E-state index >= 15 is 0 Å². The van der Waals surface area contributed by atoms with Gasteiger partial charge in [-0.15, -0.1) is 0 Å². The molecular formula is C21H23F3N2O2. The van der Waals surface area contributed by atoms with Crippen LogP contribution in [-0.4, -0.2) is 36.2 Å². The Kier molecular flexibility index (Phi) is 5.93. The Hall–Kier alpha value is -2.54. The van der Waals surface area contributed by atoms with E-state index in [1.165, 1.54) is 12.1 Å². The van der Waals surface area contributed by atoms with Gasteiger partial charge in [0.15, 0.2) is 0 Å². The Morgan fingerprint density at radius 1 is 1.07 bits per heavy atom. The highest BCUT2D eigenvalue weighted by molar-refractivity contribution is 5.69. The lowest BCUT2D eigenvalue weighted by atomic mass is 10.0. The zero-order valence-corrected chi connectivity index (χ0v) is 15.8. The molecule has 0 unspecified atom stereocenters. The van der Waals surface area contributed by atoms with Crippen molar-refractivity contribution in [3.05, 3.63) is 59.7 Å². The monoisotopic (exact) mass is 392 g/mol. The van der Waals surface area contributed by atoms with Crippen LogP contribution >= 0.6 is 0 Å². The maximum Gasteiger partial charge on any atom is 0.416 e. The van der Waals surface area contributed by atoms with Crippen molar-refractivity contribution in [1.82, 2.24) is 10.2 Å². The fraction of sp³-hybridized carbons (Fsp3) is 0.381. The van der Waals surface area contributed by atoms with Crippen molar-refractivity contribution in [3.63, 3.8) is 0 Å². The third-order valence-electron chi connectivity index (χ3n) is 4.57. The highest BCUT2D eigenvalue weighted by atomic mass is 19.4. The largest absolute Gasteiger partial charge is 0.447 e. The predicted molar refractivity (Wildman–Crippen MR) is 101 cm³/mol. The van der Waals surface area contributed by atoms with E-state index in [1.54, 1.807) is 4.90 Å². The second-order valence-electron chi connectivity index (χ2n) is 7.19. The topological polar surface area (TPSA) is 41.6 Å². The molecule has 0 saturated carbocycles. The Morgan fingerprint density at radius 3 is 2.11 bits per heavy atom. The van der Waals surface area contributed by atoms with Crippen molar-refractivity contribution in [3.8, 4) is 11.1 Å². The van der Waals surface area contributed by atoms with Gasteiger partial charge >= 0.3 is 12.3 Å². The van der Waals surface area contributed by atoms with E-state index in [0.717, 1.165) is 28.8 Å². The number of hydrogen-bond acceptors (Lipinski definition) is 3. The number of nitrogens with one attached hydrogen (secondary N) is 1. The van der Waals surface area contributed by atoms with Gasteiger partial charge in [0.1, 0.15) is 0 Å². The minimum atomic E-state index is -4.32. The van der Waals surface area contributed by atoms with Crippen LogP contribution in [0.1, 0.15) is 25.0 Å². The highest BCUT2D eigenvalue weighted by Crippen LogP contribution is 2.31. The molecule has 1 heterocycles. The highest BCUT2D eigenvalue weighted by Gasteiger charge is 2.31. The molecule has 7 heteroatoms. The van der Waals surface area contributed by atoms with E-state index < -0.39 is 11.7 Å². The van der Waals surface area contributed by atoms with Crippen molar-refractivity contribution in [1.29, 1.82) is 0 Å². The van der Waals surface area contributed by atoms with Gasteiger partial charge in [-0.25, -0.2) is 4.79 Å². The standard InChI is InChI=1S/C21H23F3N2O2/c1-14(2)28-20(27)26-12-19(13-26)25-11-15-3-5-16(6-4-15)17-7-9-18(10-8-17)21(22,23)24/h3-10,14,19,25H,11-13H2,1-2H3. The molecule has 150 valence electrons. The number of benzene rings is 2. The number of alkyl halides is 3. The molecule has 1 N–H and O–H groups in total.